The van der Waals surface area contributed by atoms with Crippen LogP contribution in [-0.4, -0.2) is 26.9 Å². The molecule has 0 unspecified atom stereocenters. The maximum absolute atomic E-state index is 5.90. The fraction of sp³-hybridized carbons (Fsp3) is 0.190. The lowest BCUT2D eigenvalue weighted by Crippen LogP contribution is -2.04. The molecule has 4 aromatic rings. The molecule has 0 aliphatic rings. The molecule has 0 bridgehead atoms. The molecule has 0 radical (unpaired) electrons. The minimum atomic E-state index is 0.336. The van der Waals surface area contributed by atoms with Crippen LogP contribution in [0.15, 0.2) is 59.1 Å². The van der Waals surface area contributed by atoms with Gasteiger partial charge >= 0.3 is 0 Å². The summed E-state index contributed by atoms with van der Waals surface area (Å²) in [6.07, 6.45) is 0. The molecule has 30 heavy (non-hydrogen) atoms. The summed E-state index contributed by atoms with van der Waals surface area (Å²) in [5.74, 6) is 3.03. The molecule has 154 valence electrons. The Morgan fingerprint density at radius 1 is 1.10 bits per heavy atom. The number of halogens is 1. The van der Waals surface area contributed by atoms with Crippen LogP contribution in [0.1, 0.15) is 11.5 Å². The molecule has 0 spiro atoms. The van der Waals surface area contributed by atoms with Gasteiger partial charge in [0.1, 0.15) is 23.1 Å². The van der Waals surface area contributed by atoms with Crippen LogP contribution >= 0.6 is 34.7 Å². The van der Waals surface area contributed by atoms with Gasteiger partial charge in [0.25, 0.3) is 0 Å². The summed E-state index contributed by atoms with van der Waals surface area (Å²) >= 11 is 9.12. The van der Waals surface area contributed by atoms with Gasteiger partial charge in [-0.3, -0.25) is 0 Å². The number of nitrogens with zero attached hydrogens (tertiary/aromatic N) is 4. The normalized spacial score (nSPS) is 10.9. The maximum atomic E-state index is 5.90. The molecular weight excluding hydrogens is 440 g/mol. The Balaban J connectivity index is 1.36. The highest BCUT2D eigenvalue weighted by Crippen LogP contribution is 2.29. The van der Waals surface area contributed by atoms with Crippen LogP contribution in [0.3, 0.4) is 0 Å². The second-order valence-electron chi connectivity index (χ2n) is 6.37. The van der Waals surface area contributed by atoms with Crippen molar-refractivity contribution >= 4 is 34.7 Å². The van der Waals surface area contributed by atoms with E-state index in [1.807, 2.05) is 48.0 Å². The lowest BCUT2D eigenvalue weighted by atomic mass is 10.2. The standard InChI is InChI=1S/C21H19ClN4O2S2/c1-26-19(11-28-17-8-6-15(22)7-9-17)24-25-21(26)30-13-16-12-29-20(23-16)14-4-3-5-18(10-14)27-2/h3-10,12H,11,13H2,1-2H3. The first-order chi connectivity index (χ1) is 14.6. The molecule has 0 fully saturated rings. The lowest BCUT2D eigenvalue weighted by molar-refractivity contribution is 0.290. The number of hydrogen-bond donors (Lipinski definition) is 0. The van der Waals surface area contributed by atoms with E-state index in [1.54, 1.807) is 42.3 Å². The number of ether oxygens (including phenoxy) is 2. The SMILES string of the molecule is COc1cccc(-c2nc(CSc3nnc(COc4ccc(Cl)cc4)n3C)cs2)c1. The zero-order valence-corrected chi connectivity index (χ0v) is 18.8. The van der Waals surface area contributed by atoms with E-state index >= 15 is 0 Å². The highest BCUT2D eigenvalue weighted by Gasteiger charge is 2.12. The van der Waals surface area contributed by atoms with E-state index in [0.717, 1.165) is 38.7 Å². The van der Waals surface area contributed by atoms with Gasteiger partial charge < -0.3 is 14.0 Å². The first kappa shape index (κ1) is 20.7. The second-order valence-corrected chi connectivity index (χ2v) is 8.60. The fourth-order valence-corrected chi connectivity index (χ4v) is 4.55. The van der Waals surface area contributed by atoms with E-state index in [1.165, 1.54) is 0 Å². The Bertz CT molecular complexity index is 1130. The predicted octanol–water partition coefficient (Wildman–Crippen LogP) is 5.47. The molecule has 0 saturated heterocycles. The van der Waals surface area contributed by atoms with E-state index in [0.29, 0.717) is 17.4 Å². The van der Waals surface area contributed by atoms with E-state index in [4.69, 9.17) is 26.1 Å². The van der Waals surface area contributed by atoms with Gasteiger partial charge in [-0.15, -0.1) is 21.5 Å². The van der Waals surface area contributed by atoms with Gasteiger partial charge in [-0.1, -0.05) is 35.5 Å². The number of hydrogen-bond acceptors (Lipinski definition) is 7. The quantitative estimate of drug-likeness (QED) is 0.326. The molecule has 6 nitrogen and oxygen atoms in total. The third-order valence-electron chi connectivity index (χ3n) is 4.32. The Hall–Kier alpha value is -2.55. The Labute approximate surface area is 187 Å². The van der Waals surface area contributed by atoms with Crippen LogP contribution < -0.4 is 9.47 Å². The first-order valence-electron chi connectivity index (χ1n) is 9.10. The third kappa shape index (κ3) is 4.95. The van der Waals surface area contributed by atoms with Crippen LogP contribution in [0, 0.1) is 0 Å². The lowest BCUT2D eigenvalue weighted by Gasteiger charge is -2.06. The summed E-state index contributed by atoms with van der Waals surface area (Å²) in [6.45, 7) is 0.336. The molecule has 9 heteroatoms. The minimum Gasteiger partial charge on any atom is -0.497 e. The van der Waals surface area contributed by atoms with Gasteiger partial charge in [-0.25, -0.2) is 4.98 Å². The van der Waals surface area contributed by atoms with Crippen LogP contribution in [0.4, 0.5) is 0 Å². The molecule has 0 atom stereocenters. The van der Waals surface area contributed by atoms with Crippen LogP contribution in [-0.2, 0) is 19.4 Å². The van der Waals surface area contributed by atoms with Gasteiger partial charge in [0.15, 0.2) is 11.0 Å². The van der Waals surface area contributed by atoms with Gasteiger partial charge in [0.05, 0.1) is 12.8 Å². The van der Waals surface area contributed by atoms with E-state index in [2.05, 4.69) is 15.6 Å². The number of methoxy groups -OCH3 is 1. The van der Waals surface area contributed by atoms with Crippen molar-refractivity contribution in [1.29, 1.82) is 0 Å². The molecule has 2 aromatic heterocycles. The first-order valence-corrected chi connectivity index (χ1v) is 11.3. The van der Waals surface area contributed by atoms with Crippen molar-refractivity contribution in [3.63, 3.8) is 0 Å². The summed E-state index contributed by atoms with van der Waals surface area (Å²) in [5, 5.41) is 13.1. The zero-order chi connectivity index (χ0) is 20.9. The van der Waals surface area contributed by atoms with Crippen LogP contribution in [0.2, 0.25) is 5.02 Å². The highest BCUT2D eigenvalue weighted by atomic mass is 35.5. The van der Waals surface area contributed by atoms with Crippen molar-refractivity contribution in [3.8, 4) is 22.1 Å². The number of benzene rings is 2. The molecule has 0 aliphatic heterocycles. The highest BCUT2D eigenvalue weighted by molar-refractivity contribution is 7.98. The summed E-state index contributed by atoms with van der Waals surface area (Å²) in [6, 6.07) is 15.2. The van der Waals surface area contributed by atoms with Crippen molar-refractivity contribution in [2.45, 2.75) is 17.5 Å². The number of thioether (sulfide) groups is 1. The predicted molar refractivity (Wildman–Crippen MR) is 120 cm³/mol. The van der Waals surface area contributed by atoms with Gasteiger partial charge in [0.2, 0.25) is 0 Å². The molecule has 2 aromatic carbocycles. The number of aromatic nitrogens is 4. The Kier molecular flexibility index (Phi) is 6.56. The topological polar surface area (TPSA) is 62.1 Å². The van der Waals surface area contributed by atoms with Crippen molar-refractivity contribution < 1.29 is 9.47 Å². The average Bonchev–Trinajstić information content (AvgIpc) is 3.39. The van der Waals surface area contributed by atoms with Crippen molar-refractivity contribution in [3.05, 3.63) is 70.5 Å². The maximum Gasteiger partial charge on any atom is 0.191 e. The number of thiazole rings is 1. The molecule has 0 aliphatic carbocycles. The summed E-state index contributed by atoms with van der Waals surface area (Å²) in [5.41, 5.74) is 2.06. The Morgan fingerprint density at radius 2 is 1.93 bits per heavy atom. The van der Waals surface area contributed by atoms with Gasteiger partial charge in [-0.05, 0) is 36.4 Å². The molecule has 0 saturated carbocycles. The fourth-order valence-electron chi connectivity index (χ4n) is 2.68. The van der Waals surface area contributed by atoms with Crippen LogP contribution in [0.5, 0.6) is 11.5 Å². The third-order valence-corrected chi connectivity index (χ3v) is 6.57. The molecule has 4 rings (SSSR count). The van der Waals surface area contributed by atoms with Gasteiger partial charge in [0, 0.05) is 28.8 Å². The van der Waals surface area contributed by atoms with Crippen LogP contribution in [0.25, 0.3) is 10.6 Å². The smallest absolute Gasteiger partial charge is 0.191 e. The summed E-state index contributed by atoms with van der Waals surface area (Å²) in [4.78, 5) is 4.74. The zero-order valence-electron chi connectivity index (χ0n) is 16.4. The van der Waals surface area contributed by atoms with Crippen molar-refractivity contribution in [1.82, 2.24) is 19.7 Å². The monoisotopic (exact) mass is 458 g/mol. The van der Waals surface area contributed by atoms with Crippen molar-refractivity contribution in [2.75, 3.05) is 7.11 Å². The van der Waals surface area contributed by atoms with Crippen molar-refractivity contribution in [2.24, 2.45) is 7.05 Å². The average molecular weight is 459 g/mol. The van der Waals surface area contributed by atoms with Gasteiger partial charge in [-0.2, -0.15) is 0 Å². The minimum absolute atomic E-state index is 0.336. The Morgan fingerprint density at radius 3 is 2.73 bits per heavy atom. The molecule has 0 N–H and O–H groups in total. The number of rotatable bonds is 8. The summed E-state index contributed by atoms with van der Waals surface area (Å²) in [7, 11) is 3.60. The second kappa shape index (κ2) is 9.51. The molecule has 2 heterocycles. The van der Waals surface area contributed by atoms with E-state index < -0.39 is 0 Å². The summed E-state index contributed by atoms with van der Waals surface area (Å²) < 4.78 is 13.0. The molecular formula is C21H19ClN4O2S2. The largest absolute Gasteiger partial charge is 0.497 e. The van der Waals surface area contributed by atoms with E-state index in [9.17, 15) is 0 Å². The van der Waals surface area contributed by atoms with E-state index in [-0.39, 0.29) is 0 Å². The molecule has 0 amide bonds.